The highest BCUT2D eigenvalue weighted by molar-refractivity contribution is 6.38. The Labute approximate surface area is 212 Å². The molecule has 5 rings (SSSR count). The molecule has 7 nitrogen and oxygen atoms in total. The second-order valence-electron chi connectivity index (χ2n) is 8.50. The molecular weight excluding hydrogens is 489 g/mol. The summed E-state index contributed by atoms with van der Waals surface area (Å²) in [7, 11) is 1.56. The van der Waals surface area contributed by atoms with Crippen LogP contribution in [0.25, 0.3) is 0 Å². The minimum atomic E-state index is -1.05. The van der Waals surface area contributed by atoms with Crippen molar-refractivity contribution in [3.8, 4) is 5.75 Å². The summed E-state index contributed by atoms with van der Waals surface area (Å²) in [6.07, 6.45) is 0. The molecule has 2 aliphatic rings. The molecular formula is C26H21Cl2N3O4. The Balaban J connectivity index is 1.58. The Hall–Kier alpha value is -3.39. The third-order valence-corrected chi connectivity index (χ3v) is 6.92. The normalized spacial score (nSPS) is 21.4. The lowest BCUT2D eigenvalue weighted by Gasteiger charge is -2.25. The first-order chi connectivity index (χ1) is 16.8. The highest BCUT2D eigenvalue weighted by atomic mass is 35.5. The molecule has 178 valence electrons. The van der Waals surface area contributed by atoms with Crippen LogP contribution in [0, 0.1) is 12.8 Å². The number of aryl methyl sites for hydroxylation is 1. The van der Waals surface area contributed by atoms with Crippen molar-refractivity contribution in [3.63, 3.8) is 0 Å². The number of fused-ring (bicyclic) bond motifs is 1. The van der Waals surface area contributed by atoms with Gasteiger partial charge in [0.1, 0.15) is 11.8 Å². The monoisotopic (exact) mass is 509 g/mol. The fraction of sp³-hybridized carbons (Fsp3) is 0.192. The first kappa shape index (κ1) is 23.4. The summed E-state index contributed by atoms with van der Waals surface area (Å²) in [5, 5.41) is 1.82. The molecule has 2 saturated heterocycles. The van der Waals surface area contributed by atoms with Gasteiger partial charge in [-0.05, 0) is 55.0 Å². The van der Waals surface area contributed by atoms with Gasteiger partial charge in [0.2, 0.25) is 5.91 Å². The molecule has 0 aromatic heterocycles. The number of rotatable bonds is 4. The number of carbonyl (C=O) groups is 3. The van der Waals surface area contributed by atoms with Crippen molar-refractivity contribution in [2.75, 3.05) is 12.0 Å². The largest absolute Gasteiger partial charge is 0.497 e. The third kappa shape index (κ3) is 3.95. The van der Waals surface area contributed by atoms with Crippen molar-refractivity contribution in [2.45, 2.75) is 19.0 Å². The zero-order valence-corrected chi connectivity index (χ0v) is 20.4. The Kier molecular flexibility index (Phi) is 6.01. The van der Waals surface area contributed by atoms with Gasteiger partial charge in [-0.15, -0.1) is 0 Å². The second-order valence-corrected chi connectivity index (χ2v) is 9.34. The Morgan fingerprint density at radius 2 is 1.63 bits per heavy atom. The van der Waals surface area contributed by atoms with Gasteiger partial charge in [-0.25, -0.2) is 10.3 Å². The molecule has 0 bridgehead atoms. The molecule has 0 radical (unpaired) electrons. The molecule has 0 aliphatic carbocycles. The maximum atomic E-state index is 13.7. The highest BCUT2D eigenvalue weighted by Gasteiger charge is 2.60. The van der Waals surface area contributed by atoms with Crippen molar-refractivity contribution in [1.82, 2.24) is 10.4 Å². The van der Waals surface area contributed by atoms with Crippen molar-refractivity contribution in [1.29, 1.82) is 0 Å². The van der Waals surface area contributed by atoms with Crippen LogP contribution >= 0.6 is 23.2 Å². The van der Waals surface area contributed by atoms with E-state index in [0.29, 0.717) is 16.3 Å². The second kappa shape index (κ2) is 9.00. The number of ether oxygens (including phenoxy) is 1. The zero-order valence-electron chi connectivity index (χ0n) is 18.9. The van der Waals surface area contributed by atoms with Gasteiger partial charge in [0.25, 0.3) is 11.8 Å². The highest BCUT2D eigenvalue weighted by Crippen LogP contribution is 2.44. The van der Waals surface area contributed by atoms with Crippen molar-refractivity contribution in [2.24, 2.45) is 5.92 Å². The van der Waals surface area contributed by atoms with Crippen LogP contribution in [0.2, 0.25) is 10.0 Å². The number of hydrogen-bond donors (Lipinski definition) is 1. The van der Waals surface area contributed by atoms with Gasteiger partial charge < -0.3 is 4.74 Å². The lowest BCUT2D eigenvalue weighted by atomic mass is 9.91. The van der Waals surface area contributed by atoms with E-state index in [0.717, 1.165) is 16.0 Å². The van der Waals surface area contributed by atoms with E-state index in [1.165, 1.54) is 17.1 Å². The van der Waals surface area contributed by atoms with E-state index in [2.05, 4.69) is 5.43 Å². The summed E-state index contributed by atoms with van der Waals surface area (Å²) in [4.78, 5) is 41.9. The van der Waals surface area contributed by atoms with E-state index in [9.17, 15) is 14.4 Å². The number of nitrogens with one attached hydrogen (secondary N) is 1. The molecule has 3 aromatic carbocycles. The molecule has 35 heavy (non-hydrogen) atoms. The number of halogens is 2. The molecule has 0 spiro atoms. The Bertz CT molecular complexity index is 1330. The molecule has 0 saturated carbocycles. The number of nitrogens with zero attached hydrogens (tertiary/aromatic N) is 2. The maximum absolute atomic E-state index is 13.7. The van der Waals surface area contributed by atoms with Gasteiger partial charge in [-0.1, -0.05) is 53.0 Å². The van der Waals surface area contributed by atoms with Gasteiger partial charge in [-0.3, -0.25) is 19.4 Å². The quantitative estimate of drug-likeness (QED) is 0.521. The number of imide groups is 1. The van der Waals surface area contributed by atoms with Crippen molar-refractivity contribution < 1.29 is 19.1 Å². The Morgan fingerprint density at radius 1 is 0.943 bits per heavy atom. The van der Waals surface area contributed by atoms with E-state index < -0.39 is 35.7 Å². The average Bonchev–Trinajstić information content (AvgIpc) is 3.36. The molecule has 9 heteroatoms. The standard InChI is InChI=1S/C26H21Cl2N3O4/c1-14-3-5-16(6-4-14)24(32)31-23-21(22(29-31)15-7-10-18(35-2)11-8-15)25(33)30(26(23)34)20-12-9-17(27)13-19(20)28/h3-13,21-23,29H,1-2H3/t21-,22-,23-/m0/s1. The number of methoxy groups -OCH3 is 1. The molecule has 2 aliphatic heterocycles. The van der Waals surface area contributed by atoms with E-state index >= 15 is 0 Å². The molecule has 1 N–H and O–H groups in total. The van der Waals surface area contributed by atoms with Crippen molar-refractivity contribution in [3.05, 3.63) is 93.5 Å². The zero-order chi connectivity index (χ0) is 24.9. The van der Waals surface area contributed by atoms with Gasteiger partial charge >= 0.3 is 0 Å². The van der Waals surface area contributed by atoms with Crippen LogP contribution in [-0.4, -0.2) is 35.9 Å². The maximum Gasteiger partial charge on any atom is 0.268 e. The number of hydrazine groups is 1. The molecule has 2 heterocycles. The fourth-order valence-corrected chi connectivity index (χ4v) is 5.09. The molecule has 3 atom stereocenters. The summed E-state index contributed by atoms with van der Waals surface area (Å²) in [6.45, 7) is 1.92. The number of anilines is 1. The van der Waals surface area contributed by atoms with E-state index in [-0.39, 0.29) is 10.7 Å². The summed E-state index contributed by atoms with van der Waals surface area (Å²) in [5.41, 5.74) is 5.51. The van der Waals surface area contributed by atoms with Crippen LogP contribution in [-0.2, 0) is 9.59 Å². The average molecular weight is 510 g/mol. The Morgan fingerprint density at radius 3 is 2.26 bits per heavy atom. The molecule has 2 fully saturated rings. The van der Waals surface area contributed by atoms with Crippen LogP contribution in [0.4, 0.5) is 5.69 Å². The third-order valence-electron chi connectivity index (χ3n) is 6.38. The lowest BCUT2D eigenvalue weighted by Crippen LogP contribution is -2.48. The summed E-state index contributed by atoms with van der Waals surface area (Å²) in [5.74, 6) is -1.58. The fourth-order valence-electron chi connectivity index (χ4n) is 4.60. The SMILES string of the molecule is COc1ccc([C@@H]2NN(C(=O)c3ccc(C)cc3)[C@@H]3C(=O)N(c4ccc(Cl)cc4Cl)C(=O)[C@H]32)cc1. The van der Waals surface area contributed by atoms with Crippen LogP contribution in [0.15, 0.2) is 66.7 Å². The number of carbonyl (C=O) groups excluding carboxylic acids is 3. The lowest BCUT2D eigenvalue weighted by molar-refractivity contribution is -0.123. The topological polar surface area (TPSA) is 79.0 Å². The van der Waals surface area contributed by atoms with Gasteiger partial charge in [0, 0.05) is 10.6 Å². The minimum absolute atomic E-state index is 0.171. The van der Waals surface area contributed by atoms with E-state index in [1.54, 1.807) is 37.4 Å². The number of hydrogen-bond acceptors (Lipinski definition) is 5. The first-order valence-electron chi connectivity index (χ1n) is 10.9. The predicted octanol–water partition coefficient (Wildman–Crippen LogP) is 4.57. The minimum Gasteiger partial charge on any atom is -0.497 e. The summed E-state index contributed by atoms with van der Waals surface area (Å²) in [6, 6.07) is 17.1. The molecule has 3 amide bonds. The smallest absolute Gasteiger partial charge is 0.268 e. The summed E-state index contributed by atoms with van der Waals surface area (Å²) >= 11 is 12.4. The van der Waals surface area contributed by atoms with Gasteiger partial charge in [0.15, 0.2) is 0 Å². The van der Waals surface area contributed by atoms with E-state index in [4.69, 9.17) is 27.9 Å². The van der Waals surface area contributed by atoms with Crippen LogP contribution < -0.4 is 15.1 Å². The summed E-state index contributed by atoms with van der Waals surface area (Å²) < 4.78 is 5.24. The van der Waals surface area contributed by atoms with Crippen molar-refractivity contribution >= 4 is 46.6 Å². The van der Waals surface area contributed by atoms with Gasteiger partial charge in [0.05, 0.1) is 29.8 Å². The number of benzene rings is 3. The van der Waals surface area contributed by atoms with Crippen LogP contribution in [0.5, 0.6) is 5.75 Å². The van der Waals surface area contributed by atoms with Crippen LogP contribution in [0.1, 0.15) is 27.5 Å². The molecule has 3 aromatic rings. The predicted molar refractivity (Wildman–Crippen MR) is 132 cm³/mol. The first-order valence-corrected chi connectivity index (χ1v) is 11.7. The van der Waals surface area contributed by atoms with Crippen LogP contribution in [0.3, 0.4) is 0 Å². The molecule has 0 unspecified atom stereocenters. The number of amides is 3. The van der Waals surface area contributed by atoms with Gasteiger partial charge in [-0.2, -0.15) is 0 Å². The van der Waals surface area contributed by atoms with E-state index in [1.807, 2.05) is 31.2 Å².